The molecule has 2 rings (SSSR count). The highest BCUT2D eigenvalue weighted by atomic mass is 28.4. The third kappa shape index (κ3) is 5.02. The van der Waals surface area contributed by atoms with Crippen LogP contribution in [0.15, 0.2) is 23.4 Å². The quantitative estimate of drug-likeness (QED) is 0.438. The van der Waals surface area contributed by atoms with Crippen LogP contribution >= 0.6 is 0 Å². The maximum atomic E-state index is 14.0. The molecule has 0 radical (unpaired) electrons. The summed E-state index contributed by atoms with van der Waals surface area (Å²) in [7, 11) is -4.62. The van der Waals surface area contributed by atoms with Gasteiger partial charge in [-0.1, -0.05) is 65.2 Å². The van der Waals surface area contributed by atoms with Gasteiger partial charge in [0.2, 0.25) is 5.78 Å². The van der Waals surface area contributed by atoms with Crippen molar-refractivity contribution in [1.82, 2.24) is 0 Å². The molecule has 7 heteroatoms. The van der Waals surface area contributed by atoms with Gasteiger partial charge in [-0.05, 0) is 48.4 Å². The molecule has 0 aromatic carbocycles. The van der Waals surface area contributed by atoms with Crippen molar-refractivity contribution >= 4 is 28.2 Å². The number of hydrogen-bond acceptors (Lipinski definition) is 5. The van der Waals surface area contributed by atoms with Crippen molar-refractivity contribution in [3.05, 3.63) is 23.4 Å². The van der Waals surface area contributed by atoms with Gasteiger partial charge in [-0.3, -0.25) is 9.59 Å². The Balaban J connectivity index is 2.71. The molecule has 32 heavy (non-hydrogen) atoms. The molecule has 2 N–H and O–H groups in total. The van der Waals surface area contributed by atoms with Crippen molar-refractivity contribution in [1.29, 1.82) is 0 Å². The van der Waals surface area contributed by atoms with E-state index in [-0.39, 0.29) is 34.3 Å². The Morgan fingerprint density at radius 1 is 1.09 bits per heavy atom. The van der Waals surface area contributed by atoms with Crippen LogP contribution in [0.2, 0.25) is 36.3 Å². The van der Waals surface area contributed by atoms with Gasteiger partial charge in [0, 0.05) is 0 Å². The first-order valence-corrected chi connectivity index (χ1v) is 16.9. The summed E-state index contributed by atoms with van der Waals surface area (Å²) < 4.78 is 13.2. The number of rotatable bonds is 7. The number of carbonyl (C=O) groups is 2. The molecule has 5 nitrogen and oxygen atoms in total. The predicted molar refractivity (Wildman–Crippen MR) is 134 cm³/mol. The minimum absolute atomic E-state index is 0.0682. The molecule has 0 saturated carbocycles. The van der Waals surface area contributed by atoms with E-state index in [0.717, 1.165) is 18.1 Å². The second kappa shape index (κ2) is 9.53. The smallest absolute Gasteiger partial charge is 0.208 e. The molecule has 0 aliphatic heterocycles. The Bertz CT molecular complexity index is 954. The van der Waals surface area contributed by atoms with E-state index >= 15 is 0 Å². The lowest BCUT2D eigenvalue weighted by atomic mass is 9.79. The predicted octanol–water partition coefficient (Wildman–Crippen LogP) is 4.47. The van der Waals surface area contributed by atoms with Crippen LogP contribution in [0.5, 0.6) is 0 Å². The molecule has 2 aliphatic carbocycles. The largest absolute Gasteiger partial charge is 0.399 e. The average molecular weight is 472 g/mol. The van der Waals surface area contributed by atoms with Crippen molar-refractivity contribution in [2.24, 2.45) is 5.73 Å². The monoisotopic (exact) mass is 471 g/mol. The summed E-state index contributed by atoms with van der Waals surface area (Å²) in [5.41, 5.74) is 4.71. The highest BCUT2D eigenvalue weighted by Gasteiger charge is 2.54. The first-order valence-electron chi connectivity index (χ1n) is 11.4. The van der Waals surface area contributed by atoms with E-state index in [4.69, 9.17) is 14.6 Å². The SMILES string of the molecule is CC[Si](CC)(CC)O[C@@H]1C#C/C=C\C#C[C@@]2(O[Si](C)(C)C(C)(C)C)CC(=O)C(N)=C1C2=O. The lowest BCUT2D eigenvalue weighted by molar-refractivity contribution is -0.134. The molecular weight excluding hydrogens is 434 g/mol. The van der Waals surface area contributed by atoms with Gasteiger partial charge in [0.05, 0.1) is 17.7 Å². The molecule has 0 fully saturated rings. The lowest BCUT2D eigenvalue weighted by Gasteiger charge is -2.44. The summed E-state index contributed by atoms with van der Waals surface area (Å²) in [6.45, 7) is 16.7. The Morgan fingerprint density at radius 2 is 1.66 bits per heavy atom. The standard InChI is InChI=1S/C25H37NO4Si2/c1-9-32(10-2,11-3)29-20-16-14-12-13-15-17-25(30-31(7,8)24(4,5)6)18-19(27)22(26)21(20)23(25)28/h12-13,20H,9-11,18,26H2,1-8H3/b13-12-/t20-,25-/m1/s1. The van der Waals surface area contributed by atoms with Crippen LogP contribution in [-0.2, 0) is 18.4 Å². The highest BCUT2D eigenvalue weighted by Crippen LogP contribution is 2.43. The molecule has 0 unspecified atom stereocenters. The number of Topliss-reactive ketones (excluding diaryl/α,β-unsaturated/α-hetero) is 2. The minimum Gasteiger partial charge on any atom is -0.399 e. The fourth-order valence-corrected chi connectivity index (χ4v) is 7.80. The summed E-state index contributed by atoms with van der Waals surface area (Å²) in [6, 6.07) is 2.65. The zero-order valence-corrected chi connectivity index (χ0v) is 22.8. The number of fused-ring (bicyclic) bond motifs is 2. The van der Waals surface area contributed by atoms with E-state index < -0.39 is 28.3 Å². The maximum Gasteiger partial charge on any atom is 0.208 e. The van der Waals surface area contributed by atoms with Crippen molar-refractivity contribution < 1.29 is 18.4 Å². The van der Waals surface area contributed by atoms with Crippen LogP contribution in [-0.4, -0.2) is 39.9 Å². The van der Waals surface area contributed by atoms with E-state index in [1.165, 1.54) is 0 Å². The molecule has 0 saturated heterocycles. The van der Waals surface area contributed by atoms with Crippen LogP contribution in [0.4, 0.5) is 0 Å². The van der Waals surface area contributed by atoms with Crippen LogP contribution in [0.1, 0.15) is 48.0 Å². The molecule has 0 amide bonds. The zero-order chi connectivity index (χ0) is 24.4. The fourth-order valence-electron chi connectivity index (χ4n) is 3.73. The van der Waals surface area contributed by atoms with E-state index in [9.17, 15) is 9.59 Å². The van der Waals surface area contributed by atoms with Gasteiger partial charge in [-0.15, -0.1) is 0 Å². The summed E-state index contributed by atoms with van der Waals surface area (Å²) >= 11 is 0. The Morgan fingerprint density at radius 3 is 2.19 bits per heavy atom. The van der Waals surface area contributed by atoms with Crippen molar-refractivity contribution in [3.63, 3.8) is 0 Å². The molecule has 0 spiro atoms. The molecule has 2 aliphatic rings. The molecule has 0 aromatic heterocycles. The van der Waals surface area contributed by atoms with E-state index in [1.807, 2.05) is 13.1 Å². The van der Waals surface area contributed by atoms with Gasteiger partial charge in [-0.25, -0.2) is 0 Å². The third-order valence-electron chi connectivity index (χ3n) is 7.15. The van der Waals surface area contributed by atoms with Crippen LogP contribution in [0, 0.1) is 23.7 Å². The summed E-state index contributed by atoms with van der Waals surface area (Å²) in [4.78, 5) is 27.1. The topological polar surface area (TPSA) is 78.6 Å². The van der Waals surface area contributed by atoms with Crippen LogP contribution in [0.3, 0.4) is 0 Å². The maximum absolute atomic E-state index is 14.0. The lowest BCUT2D eigenvalue weighted by Crippen LogP contribution is -2.58. The van der Waals surface area contributed by atoms with Gasteiger partial charge in [-0.2, -0.15) is 0 Å². The van der Waals surface area contributed by atoms with Gasteiger partial charge >= 0.3 is 0 Å². The number of nitrogens with two attached hydrogens (primary N) is 1. The Hall–Kier alpha value is -1.91. The van der Waals surface area contributed by atoms with Gasteiger partial charge in [0.15, 0.2) is 28.0 Å². The summed E-state index contributed by atoms with van der Waals surface area (Å²) in [5.74, 6) is 11.1. The van der Waals surface area contributed by atoms with Crippen molar-refractivity contribution in [2.45, 2.75) is 95.9 Å². The first kappa shape index (κ1) is 26.3. The second-order valence-electron chi connectivity index (χ2n) is 10.1. The van der Waals surface area contributed by atoms with E-state index in [1.54, 1.807) is 12.2 Å². The highest BCUT2D eigenvalue weighted by molar-refractivity contribution is 6.74. The fraction of sp³-hybridized carbons (Fsp3) is 0.600. The Labute approximate surface area is 195 Å². The van der Waals surface area contributed by atoms with Crippen molar-refractivity contribution in [2.75, 3.05) is 0 Å². The van der Waals surface area contributed by atoms with Crippen LogP contribution in [0.25, 0.3) is 0 Å². The minimum atomic E-state index is -2.46. The Kier molecular flexibility index (Phi) is 7.84. The molecule has 174 valence electrons. The normalized spacial score (nSPS) is 24.9. The van der Waals surface area contributed by atoms with Crippen LogP contribution < -0.4 is 5.73 Å². The zero-order valence-electron chi connectivity index (χ0n) is 20.8. The molecule has 2 bridgehead atoms. The van der Waals surface area contributed by atoms with Gasteiger partial charge in [0.25, 0.3) is 0 Å². The summed E-state index contributed by atoms with van der Waals surface area (Å²) in [5, 5.41) is -0.171. The number of hydrogen-bond donors (Lipinski definition) is 1. The average Bonchev–Trinajstić information content (AvgIpc) is 2.71. The molecule has 0 heterocycles. The third-order valence-corrected chi connectivity index (χ3v) is 16.2. The first-order chi connectivity index (χ1) is 14.8. The number of allylic oxidation sites excluding steroid dienone is 3. The van der Waals surface area contributed by atoms with E-state index in [0.29, 0.717) is 0 Å². The summed E-state index contributed by atoms with van der Waals surface area (Å²) in [6.07, 6.45) is 2.17. The van der Waals surface area contributed by atoms with Gasteiger partial charge < -0.3 is 14.6 Å². The van der Waals surface area contributed by atoms with E-state index in [2.05, 4.69) is 65.2 Å². The van der Waals surface area contributed by atoms with Gasteiger partial charge in [0.1, 0.15) is 6.10 Å². The number of ketones is 2. The van der Waals surface area contributed by atoms with Crippen molar-refractivity contribution in [3.8, 4) is 23.7 Å². The second-order valence-corrected chi connectivity index (χ2v) is 19.5. The molecule has 2 atom stereocenters. The number of carbonyl (C=O) groups excluding carboxylic acids is 2. The molecular formula is C25H37NO4Si2. The molecule has 0 aromatic rings.